The summed E-state index contributed by atoms with van der Waals surface area (Å²) in [7, 11) is 4.40. The normalized spacial score (nSPS) is 10.9. The van der Waals surface area contributed by atoms with Gasteiger partial charge in [-0.3, -0.25) is 4.79 Å². The number of aromatic nitrogens is 1. The minimum Gasteiger partial charge on any atom is -0.494 e. The van der Waals surface area contributed by atoms with Crippen molar-refractivity contribution >= 4 is 29.0 Å². The number of hydrogen-bond acceptors (Lipinski definition) is 9. The third kappa shape index (κ3) is 7.14. The Morgan fingerprint density at radius 3 is 2.17 bits per heavy atom. The molecule has 0 bridgehead atoms. The van der Waals surface area contributed by atoms with Crippen LogP contribution in [0.5, 0.6) is 34.5 Å². The Hall–Kier alpha value is -5.97. The molecule has 0 saturated carbocycles. The number of ether oxygens (including phenoxy) is 6. The molecule has 0 aliphatic carbocycles. The number of fused-ring (bicyclic) bond motifs is 1. The Labute approximate surface area is 272 Å². The zero-order valence-corrected chi connectivity index (χ0v) is 26.7. The summed E-state index contributed by atoms with van der Waals surface area (Å²) >= 11 is 0. The van der Waals surface area contributed by atoms with Crippen LogP contribution in [0.1, 0.15) is 40.3 Å². The number of aromatic amines is 1. The van der Waals surface area contributed by atoms with E-state index in [2.05, 4.69) is 15.5 Å². The Morgan fingerprint density at radius 2 is 1.51 bits per heavy atom. The molecule has 0 aliphatic rings. The maximum atomic E-state index is 13.4. The van der Waals surface area contributed by atoms with Gasteiger partial charge >= 0.3 is 5.97 Å². The van der Waals surface area contributed by atoms with Crippen LogP contribution in [0.2, 0.25) is 0 Å². The van der Waals surface area contributed by atoms with E-state index in [-0.39, 0.29) is 11.3 Å². The van der Waals surface area contributed by atoms with Crippen LogP contribution in [0, 0.1) is 0 Å². The molecule has 0 radical (unpaired) electrons. The minimum atomic E-state index is -0.653. The lowest BCUT2D eigenvalue weighted by Gasteiger charge is -2.15. The zero-order valence-electron chi connectivity index (χ0n) is 26.7. The maximum Gasteiger partial charge on any atom is 0.343 e. The summed E-state index contributed by atoms with van der Waals surface area (Å²) in [6, 6.07) is 23.2. The highest BCUT2D eigenvalue weighted by atomic mass is 16.6. The predicted octanol–water partition coefficient (Wildman–Crippen LogP) is 6.64. The number of rotatable bonds is 13. The number of H-pyrrole nitrogens is 1. The molecule has 1 amide bonds. The van der Waals surface area contributed by atoms with Crippen LogP contribution in [0.4, 0.5) is 0 Å². The van der Waals surface area contributed by atoms with E-state index in [4.69, 9.17) is 28.4 Å². The Morgan fingerprint density at radius 1 is 0.787 bits per heavy atom. The number of esters is 1. The van der Waals surface area contributed by atoms with Crippen LogP contribution < -0.4 is 33.8 Å². The number of nitrogens with zero attached hydrogens (tertiary/aromatic N) is 1. The van der Waals surface area contributed by atoms with Crippen molar-refractivity contribution in [2.24, 2.45) is 5.10 Å². The van der Waals surface area contributed by atoms with Gasteiger partial charge in [-0.25, -0.2) is 10.2 Å². The number of amides is 1. The van der Waals surface area contributed by atoms with Gasteiger partial charge in [-0.05, 0) is 73.5 Å². The Balaban J connectivity index is 1.36. The summed E-state index contributed by atoms with van der Waals surface area (Å²) in [4.78, 5) is 29.8. The first-order valence-electron chi connectivity index (χ1n) is 14.9. The van der Waals surface area contributed by atoms with Gasteiger partial charge in [-0.1, -0.05) is 30.3 Å². The van der Waals surface area contributed by atoms with Crippen molar-refractivity contribution in [3.63, 3.8) is 0 Å². The van der Waals surface area contributed by atoms with E-state index in [0.717, 1.165) is 22.0 Å². The average molecular weight is 638 g/mol. The van der Waals surface area contributed by atoms with Crippen LogP contribution in [0.15, 0.2) is 84.0 Å². The van der Waals surface area contributed by atoms with E-state index in [1.165, 1.54) is 39.7 Å². The Bertz CT molecular complexity index is 1890. The fraction of sp³-hybridized carbons (Fsp3) is 0.194. The van der Waals surface area contributed by atoms with Crippen molar-refractivity contribution in [1.29, 1.82) is 0 Å². The average Bonchev–Trinajstić information content (AvgIpc) is 3.48. The highest BCUT2D eigenvalue weighted by molar-refractivity contribution is 6.10. The van der Waals surface area contributed by atoms with Crippen molar-refractivity contribution in [3.05, 3.63) is 95.7 Å². The lowest BCUT2D eigenvalue weighted by atomic mass is 10.0. The summed E-state index contributed by atoms with van der Waals surface area (Å²) in [5, 5.41) is 5.05. The first-order chi connectivity index (χ1) is 22.9. The molecule has 11 heteroatoms. The minimum absolute atomic E-state index is 0.191. The second kappa shape index (κ2) is 14.9. The van der Waals surface area contributed by atoms with Crippen LogP contribution in [-0.2, 0) is 0 Å². The van der Waals surface area contributed by atoms with E-state index in [1.807, 2.05) is 62.4 Å². The number of hydrogen-bond donors (Lipinski definition) is 2. The molecule has 0 spiro atoms. The summed E-state index contributed by atoms with van der Waals surface area (Å²) in [6.07, 6.45) is 1.48. The van der Waals surface area contributed by atoms with Crippen molar-refractivity contribution in [3.8, 4) is 45.6 Å². The molecule has 11 nitrogen and oxygen atoms in total. The molecule has 0 saturated heterocycles. The first-order valence-corrected chi connectivity index (χ1v) is 14.9. The second-order valence-corrected chi connectivity index (χ2v) is 10.0. The van der Waals surface area contributed by atoms with E-state index in [1.54, 1.807) is 18.2 Å². The van der Waals surface area contributed by atoms with Gasteiger partial charge in [0, 0.05) is 16.5 Å². The smallest absolute Gasteiger partial charge is 0.343 e. The van der Waals surface area contributed by atoms with Crippen LogP contribution in [0.25, 0.3) is 22.0 Å². The number of carbonyl (C=O) groups is 2. The summed E-state index contributed by atoms with van der Waals surface area (Å²) in [5.74, 6) is 1.14. The molecule has 47 heavy (non-hydrogen) atoms. The summed E-state index contributed by atoms with van der Waals surface area (Å²) in [6.45, 7) is 4.58. The monoisotopic (exact) mass is 637 g/mol. The Kier molecular flexibility index (Phi) is 10.3. The predicted molar refractivity (Wildman–Crippen MR) is 179 cm³/mol. The quantitative estimate of drug-likeness (QED) is 0.0636. The lowest BCUT2D eigenvalue weighted by Crippen LogP contribution is -2.18. The molecular formula is C36H35N3O8. The van der Waals surface area contributed by atoms with Crippen LogP contribution >= 0.6 is 0 Å². The molecule has 0 atom stereocenters. The second-order valence-electron chi connectivity index (χ2n) is 10.0. The summed E-state index contributed by atoms with van der Waals surface area (Å²) in [5.41, 5.74) is 6.18. The molecule has 0 aliphatic heterocycles. The van der Waals surface area contributed by atoms with E-state index < -0.39 is 11.9 Å². The largest absolute Gasteiger partial charge is 0.494 e. The molecule has 242 valence electrons. The van der Waals surface area contributed by atoms with Gasteiger partial charge in [-0.2, -0.15) is 5.10 Å². The number of carbonyl (C=O) groups excluding carboxylic acids is 2. The standard InChI is InChI=1S/C36H35N3O8/c1-6-45-25-14-15-27-26(20-25)32(23-11-9-8-10-12-23)33(38-27)35(40)39-37-21-22-13-16-28(29(17-22)46-7-2)47-36(41)24-18-30(42-3)34(44-5)31(19-24)43-4/h8-21,38H,6-7H2,1-5H3,(H,39,40). The van der Waals surface area contributed by atoms with Crippen LogP contribution in [-0.4, -0.2) is 57.6 Å². The molecule has 5 aromatic rings. The van der Waals surface area contributed by atoms with Crippen molar-refractivity contribution in [2.45, 2.75) is 13.8 Å². The lowest BCUT2D eigenvalue weighted by molar-refractivity contribution is 0.0727. The number of benzene rings is 4. The van der Waals surface area contributed by atoms with Crippen LogP contribution in [0.3, 0.4) is 0 Å². The van der Waals surface area contributed by atoms with Gasteiger partial charge in [-0.15, -0.1) is 0 Å². The topological polar surface area (TPSA) is 130 Å². The van der Waals surface area contributed by atoms with Crippen molar-refractivity contribution in [1.82, 2.24) is 10.4 Å². The van der Waals surface area contributed by atoms with Gasteiger partial charge in [0.05, 0.1) is 46.3 Å². The van der Waals surface area contributed by atoms with Gasteiger partial charge in [0.2, 0.25) is 5.75 Å². The molecule has 1 heterocycles. The van der Waals surface area contributed by atoms with Gasteiger partial charge in [0.1, 0.15) is 11.4 Å². The molecular weight excluding hydrogens is 602 g/mol. The van der Waals surface area contributed by atoms with Crippen molar-refractivity contribution < 1.29 is 38.0 Å². The number of hydrazone groups is 1. The summed E-state index contributed by atoms with van der Waals surface area (Å²) < 4.78 is 33.2. The van der Waals surface area contributed by atoms with Crippen molar-refractivity contribution in [2.75, 3.05) is 34.5 Å². The van der Waals surface area contributed by atoms with E-state index >= 15 is 0 Å². The van der Waals surface area contributed by atoms with Gasteiger partial charge in [0.15, 0.2) is 23.0 Å². The SMILES string of the molecule is CCOc1ccc2[nH]c(C(=O)NN=Cc3ccc(OC(=O)c4cc(OC)c(OC)c(OC)c4)c(OCC)c3)c(-c3ccccc3)c2c1. The van der Waals surface area contributed by atoms with Gasteiger partial charge in [0.25, 0.3) is 5.91 Å². The number of methoxy groups -OCH3 is 3. The maximum absolute atomic E-state index is 13.4. The van der Waals surface area contributed by atoms with E-state index in [9.17, 15) is 9.59 Å². The fourth-order valence-corrected chi connectivity index (χ4v) is 5.04. The highest BCUT2D eigenvalue weighted by Gasteiger charge is 2.21. The third-order valence-electron chi connectivity index (χ3n) is 7.12. The molecule has 5 rings (SSSR count). The zero-order chi connectivity index (χ0) is 33.3. The van der Waals surface area contributed by atoms with E-state index in [0.29, 0.717) is 53.2 Å². The third-order valence-corrected chi connectivity index (χ3v) is 7.12. The molecule has 0 unspecified atom stereocenters. The number of nitrogens with one attached hydrogen (secondary N) is 2. The molecule has 2 N–H and O–H groups in total. The first kappa shape index (κ1) is 32.4. The fourth-order valence-electron chi connectivity index (χ4n) is 5.04. The highest BCUT2D eigenvalue weighted by Crippen LogP contribution is 2.39. The molecule has 4 aromatic carbocycles. The van der Waals surface area contributed by atoms with Gasteiger partial charge < -0.3 is 33.4 Å². The molecule has 1 aromatic heterocycles. The molecule has 0 fully saturated rings.